The summed E-state index contributed by atoms with van der Waals surface area (Å²) in [5.41, 5.74) is 20.7. The van der Waals surface area contributed by atoms with Crippen molar-refractivity contribution in [1.82, 2.24) is 30.5 Å². The molecule has 10 N–H and O–H groups in total. The van der Waals surface area contributed by atoms with E-state index in [2.05, 4.69) is 20.9 Å². The second-order valence-electron chi connectivity index (χ2n) is 10.4. The molecule has 4 aliphatic heterocycles. The number of thioether (sulfide) groups is 2. The molecule has 0 saturated carbocycles. The Kier molecular flexibility index (Phi) is 13.0. The SMILES string of the molecule is NCCCCO/N=C(\C(=O)N[C@@H]1C(=O)N2C(C(=O)O)=C(CN3C=CN4NC(SCCN)=CC=C34)CS[C@@H]12)c1csc(N)n1.O=C(O)C(F)(F)F. The molecule has 2 amide bonds. The number of fused-ring (bicyclic) bond motifs is 2. The third-order valence-electron chi connectivity index (χ3n) is 6.89. The van der Waals surface area contributed by atoms with Crippen molar-refractivity contribution in [3.05, 3.63) is 57.7 Å². The van der Waals surface area contributed by atoms with E-state index < -0.39 is 41.3 Å². The molecule has 2 atom stereocenters. The third kappa shape index (κ3) is 9.21. The fourth-order valence-corrected chi connectivity index (χ4v) is 7.19. The van der Waals surface area contributed by atoms with Crippen molar-refractivity contribution in [1.29, 1.82) is 0 Å². The number of carbonyl (C=O) groups excluding carboxylic acids is 2. The first-order valence-electron chi connectivity index (χ1n) is 14.6. The van der Waals surface area contributed by atoms with E-state index in [9.17, 15) is 32.7 Å². The zero-order valence-corrected chi connectivity index (χ0v) is 28.4. The van der Waals surface area contributed by atoms with Gasteiger partial charge in [-0.15, -0.1) is 34.9 Å². The summed E-state index contributed by atoms with van der Waals surface area (Å²) in [6, 6.07) is -0.950. The van der Waals surface area contributed by atoms with Gasteiger partial charge in [-0.2, -0.15) is 13.2 Å². The maximum Gasteiger partial charge on any atom is 0.490 e. The number of β-lactam (4-membered cyclic amide) rings is 1. The second-order valence-corrected chi connectivity index (χ2v) is 13.5. The normalized spacial score (nSPS) is 19.7. The lowest BCUT2D eigenvalue weighted by molar-refractivity contribution is -0.192. The minimum atomic E-state index is -5.08. The van der Waals surface area contributed by atoms with Crippen LogP contribution in [-0.4, -0.2) is 115 Å². The Morgan fingerprint density at radius 1 is 1.18 bits per heavy atom. The first-order valence-corrected chi connectivity index (χ1v) is 17.6. The van der Waals surface area contributed by atoms with Crippen LogP contribution in [-0.2, 0) is 24.0 Å². The number of nitrogens with zero attached hydrogens (tertiary/aromatic N) is 5. The van der Waals surface area contributed by atoms with Gasteiger partial charge in [0.1, 0.15) is 35.2 Å². The van der Waals surface area contributed by atoms with Crippen LogP contribution in [0.15, 0.2) is 57.2 Å². The number of oxime groups is 1. The van der Waals surface area contributed by atoms with E-state index in [0.717, 1.165) is 34.4 Å². The van der Waals surface area contributed by atoms with Gasteiger partial charge >= 0.3 is 18.1 Å². The van der Waals surface area contributed by atoms with Crippen LogP contribution in [0.25, 0.3) is 0 Å². The Hall–Kier alpha value is -4.45. The van der Waals surface area contributed by atoms with Gasteiger partial charge in [0, 0.05) is 42.4 Å². The van der Waals surface area contributed by atoms with Crippen LogP contribution in [0.3, 0.4) is 0 Å². The molecule has 4 aliphatic rings. The zero-order chi connectivity index (χ0) is 36.6. The monoisotopic (exact) mass is 762 g/mol. The van der Waals surface area contributed by atoms with Crippen molar-refractivity contribution in [2.75, 3.05) is 43.5 Å². The number of anilines is 1. The summed E-state index contributed by atoms with van der Waals surface area (Å²) >= 11 is 4.12. The fraction of sp³-hybridized carbons (Fsp3) is 0.407. The van der Waals surface area contributed by atoms with Crippen molar-refractivity contribution in [2.45, 2.75) is 30.4 Å². The smallest absolute Gasteiger partial charge is 0.477 e. The number of amides is 2. The molecule has 1 aromatic rings. The van der Waals surface area contributed by atoms with Crippen LogP contribution in [0.2, 0.25) is 0 Å². The molecule has 23 heteroatoms. The van der Waals surface area contributed by atoms with Gasteiger partial charge < -0.3 is 42.5 Å². The maximum absolute atomic E-state index is 13.3. The number of aromatic nitrogens is 1. The molecular formula is C27H33F3N10O7S3. The minimum Gasteiger partial charge on any atom is -0.477 e. The summed E-state index contributed by atoms with van der Waals surface area (Å²) in [5, 5.41) is 27.9. The number of unbranched alkanes of at least 4 members (excludes halogenated alkanes) is 1. The number of halogens is 3. The van der Waals surface area contributed by atoms with Crippen LogP contribution in [0, 0.1) is 0 Å². The van der Waals surface area contributed by atoms with Gasteiger partial charge in [-0.3, -0.25) is 19.9 Å². The van der Waals surface area contributed by atoms with Crippen molar-refractivity contribution < 1.29 is 47.4 Å². The van der Waals surface area contributed by atoms with Gasteiger partial charge in [0.05, 0.1) is 5.03 Å². The zero-order valence-electron chi connectivity index (χ0n) is 26.0. The van der Waals surface area contributed by atoms with E-state index >= 15 is 0 Å². The Morgan fingerprint density at radius 3 is 2.54 bits per heavy atom. The fourth-order valence-electron chi connectivity index (χ4n) is 4.64. The van der Waals surface area contributed by atoms with Gasteiger partial charge in [-0.1, -0.05) is 5.16 Å². The predicted octanol–water partition coefficient (Wildman–Crippen LogP) is 0.539. The van der Waals surface area contributed by atoms with E-state index in [-0.39, 0.29) is 35.4 Å². The quantitative estimate of drug-likeness (QED) is 0.0591. The summed E-state index contributed by atoms with van der Waals surface area (Å²) in [6.07, 6.45) is 3.88. The highest BCUT2D eigenvalue weighted by Crippen LogP contribution is 2.41. The maximum atomic E-state index is 13.3. The summed E-state index contributed by atoms with van der Waals surface area (Å²) < 4.78 is 31.7. The molecule has 0 spiro atoms. The Morgan fingerprint density at radius 2 is 1.92 bits per heavy atom. The van der Waals surface area contributed by atoms with Crippen molar-refractivity contribution in [3.8, 4) is 0 Å². The summed E-state index contributed by atoms with van der Waals surface area (Å²) in [6.45, 7) is 1.59. The molecule has 272 valence electrons. The van der Waals surface area contributed by atoms with Gasteiger partial charge in [0.2, 0.25) is 0 Å². The molecule has 50 heavy (non-hydrogen) atoms. The standard InChI is InChI=1S/C25H32N10O5S3.C2HF3O2/c26-5-1-2-9-40-32-18(15-13-43-25(28)29-15)21(36)30-19-22(37)35-20(24(38)39)14(12-42-23(19)35)11-33-7-8-34-17(33)4-3-16(31-34)41-10-6-27;3-2(4,5)1(6)7/h3-4,7-8,13,19,23,31H,1-2,5-6,9-12,26-27H2,(H2,28,29)(H,30,36)(H,38,39);(H,6,7)/b32-18-;/t19-,23+;/m1./s1. The molecule has 5 rings (SSSR count). The number of nitrogens with one attached hydrogen (secondary N) is 2. The number of carboxylic acid groups (broad SMARTS) is 2. The number of nitrogens with two attached hydrogens (primary N) is 3. The molecule has 0 aromatic carbocycles. The van der Waals surface area contributed by atoms with Crippen LogP contribution >= 0.6 is 34.9 Å². The third-order valence-corrected chi connectivity index (χ3v) is 9.88. The van der Waals surface area contributed by atoms with Crippen LogP contribution in [0.1, 0.15) is 18.5 Å². The van der Waals surface area contributed by atoms with E-state index in [1.807, 2.05) is 34.5 Å². The Balaban J connectivity index is 0.000000727. The van der Waals surface area contributed by atoms with Crippen LogP contribution in [0.5, 0.6) is 0 Å². The number of thiazole rings is 1. The number of hydrogen-bond acceptors (Lipinski definition) is 16. The second kappa shape index (κ2) is 17.0. The summed E-state index contributed by atoms with van der Waals surface area (Å²) in [4.78, 5) is 60.4. The lowest BCUT2D eigenvalue weighted by atomic mass is 10.0. The highest BCUT2D eigenvalue weighted by Gasteiger charge is 2.54. The van der Waals surface area contributed by atoms with E-state index in [4.69, 9.17) is 31.9 Å². The minimum absolute atomic E-state index is 0.0744. The molecular weight excluding hydrogens is 730 g/mol. The summed E-state index contributed by atoms with van der Waals surface area (Å²) in [7, 11) is 0. The first-order chi connectivity index (χ1) is 23.8. The number of hydrazine groups is 1. The lowest BCUT2D eigenvalue weighted by Gasteiger charge is -2.49. The molecule has 1 aromatic heterocycles. The highest BCUT2D eigenvalue weighted by molar-refractivity contribution is 8.03. The number of aliphatic carboxylic acids is 2. The number of carboxylic acids is 2. The topological polar surface area (TPSA) is 255 Å². The molecule has 0 bridgehead atoms. The predicted molar refractivity (Wildman–Crippen MR) is 179 cm³/mol. The molecule has 0 unspecified atom stereocenters. The van der Waals surface area contributed by atoms with Crippen molar-refractivity contribution in [3.63, 3.8) is 0 Å². The first kappa shape index (κ1) is 38.4. The number of nitrogen functional groups attached to an aromatic ring is 1. The molecule has 0 aliphatic carbocycles. The molecule has 1 fully saturated rings. The molecule has 0 radical (unpaired) electrons. The molecule has 17 nitrogen and oxygen atoms in total. The lowest BCUT2D eigenvalue weighted by Crippen LogP contribution is -2.71. The summed E-state index contributed by atoms with van der Waals surface area (Å²) in [5.74, 6) is -3.21. The Bertz CT molecular complexity index is 1630. The largest absolute Gasteiger partial charge is 0.490 e. The van der Waals surface area contributed by atoms with Crippen LogP contribution in [0.4, 0.5) is 18.3 Å². The van der Waals surface area contributed by atoms with E-state index in [0.29, 0.717) is 30.8 Å². The average Bonchev–Trinajstić information content (AvgIpc) is 3.68. The highest BCUT2D eigenvalue weighted by atomic mass is 32.2. The van der Waals surface area contributed by atoms with Gasteiger partial charge in [0.25, 0.3) is 11.8 Å². The van der Waals surface area contributed by atoms with Crippen LogP contribution < -0.4 is 27.9 Å². The number of allylic oxidation sites excluding steroid dienone is 2. The average molecular weight is 763 g/mol. The van der Waals surface area contributed by atoms with Crippen molar-refractivity contribution >= 4 is 69.5 Å². The van der Waals surface area contributed by atoms with E-state index in [1.54, 1.807) is 17.1 Å². The van der Waals surface area contributed by atoms with Gasteiger partial charge in [-0.25, -0.2) is 19.6 Å². The van der Waals surface area contributed by atoms with Gasteiger partial charge in [-0.05, 0) is 37.1 Å². The Labute approximate surface area is 295 Å². The van der Waals surface area contributed by atoms with E-state index in [1.165, 1.54) is 16.7 Å². The number of carbonyl (C=O) groups is 4. The van der Waals surface area contributed by atoms with Crippen molar-refractivity contribution in [2.24, 2.45) is 16.6 Å². The molecule has 1 saturated heterocycles. The number of rotatable bonds is 14. The van der Waals surface area contributed by atoms with Gasteiger partial charge in [0.15, 0.2) is 10.8 Å². The number of alkyl halides is 3. The number of hydrogen-bond donors (Lipinski definition) is 7. The molecule has 5 heterocycles.